The predicted molar refractivity (Wildman–Crippen MR) is 97.9 cm³/mol. The summed E-state index contributed by atoms with van der Waals surface area (Å²) in [6.45, 7) is 6.52. The molecule has 0 atom stereocenters. The molecule has 26 heavy (non-hydrogen) atoms. The summed E-state index contributed by atoms with van der Waals surface area (Å²) >= 11 is 0. The van der Waals surface area contributed by atoms with Gasteiger partial charge in [0.05, 0.1) is 7.11 Å². The van der Waals surface area contributed by atoms with Crippen molar-refractivity contribution < 1.29 is 17.7 Å². The molecule has 142 valence electrons. The van der Waals surface area contributed by atoms with Crippen LogP contribution in [0.4, 0.5) is 0 Å². The molecule has 1 aromatic carbocycles. The highest BCUT2D eigenvalue weighted by atomic mass is 32.2. The zero-order valence-corrected chi connectivity index (χ0v) is 16.3. The molecule has 1 aliphatic rings. The second-order valence-corrected chi connectivity index (χ2v) is 8.34. The Balaban J connectivity index is 1.59. The first-order valence-electron chi connectivity index (χ1n) is 8.70. The molecule has 1 saturated heterocycles. The lowest BCUT2D eigenvalue weighted by Crippen LogP contribution is -2.49. The number of benzene rings is 1. The predicted octanol–water partition coefficient (Wildman–Crippen LogP) is 1.85. The van der Waals surface area contributed by atoms with Crippen LogP contribution in [0.1, 0.15) is 17.0 Å². The Morgan fingerprint density at radius 2 is 1.85 bits per heavy atom. The molecule has 0 N–H and O–H groups in total. The van der Waals surface area contributed by atoms with Crippen molar-refractivity contribution in [3.63, 3.8) is 0 Å². The number of sulfonamides is 1. The fourth-order valence-corrected chi connectivity index (χ4v) is 5.07. The third-order valence-corrected chi connectivity index (χ3v) is 6.93. The van der Waals surface area contributed by atoms with Crippen molar-refractivity contribution in [1.29, 1.82) is 0 Å². The standard InChI is InChI=1S/C18H25N3O4S/c1-14-18(15(2)25-19-14)26(22,23)21-12-10-20(11-13-21)9-8-16-6-4-5-7-17(16)24-3/h4-7H,8-13H2,1-3H3. The lowest BCUT2D eigenvalue weighted by Gasteiger charge is -2.33. The number of aromatic nitrogens is 1. The van der Waals surface area contributed by atoms with Crippen molar-refractivity contribution in [3.8, 4) is 5.75 Å². The lowest BCUT2D eigenvalue weighted by atomic mass is 10.1. The van der Waals surface area contributed by atoms with E-state index in [1.165, 1.54) is 9.87 Å². The number of piperazine rings is 1. The van der Waals surface area contributed by atoms with Gasteiger partial charge < -0.3 is 14.2 Å². The SMILES string of the molecule is COc1ccccc1CCN1CCN(S(=O)(=O)c2c(C)noc2C)CC1. The first kappa shape index (κ1) is 18.9. The topological polar surface area (TPSA) is 75.9 Å². The summed E-state index contributed by atoms with van der Waals surface area (Å²) in [5, 5.41) is 3.77. The zero-order chi connectivity index (χ0) is 18.7. The van der Waals surface area contributed by atoms with Gasteiger partial charge in [-0.15, -0.1) is 0 Å². The monoisotopic (exact) mass is 379 g/mol. The molecule has 1 aliphatic heterocycles. The van der Waals surface area contributed by atoms with Gasteiger partial charge in [-0.05, 0) is 31.9 Å². The highest BCUT2D eigenvalue weighted by molar-refractivity contribution is 7.89. The van der Waals surface area contributed by atoms with Crippen LogP contribution in [-0.2, 0) is 16.4 Å². The van der Waals surface area contributed by atoms with E-state index in [4.69, 9.17) is 9.26 Å². The first-order chi connectivity index (χ1) is 12.4. The molecule has 0 aliphatic carbocycles. The van der Waals surface area contributed by atoms with Crippen LogP contribution in [0.5, 0.6) is 5.75 Å². The average molecular weight is 379 g/mol. The Morgan fingerprint density at radius 1 is 1.15 bits per heavy atom. The third-order valence-electron chi connectivity index (χ3n) is 4.79. The van der Waals surface area contributed by atoms with Crippen molar-refractivity contribution in [2.24, 2.45) is 0 Å². The summed E-state index contributed by atoms with van der Waals surface area (Å²) in [4.78, 5) is 2.49. The largest absolute Gasteiger partial charge is 0.496 e. The van der Waals surface area contributed by atoms with Crippen molar-refractivity contribution >= 4 is 10.0 Å². The molecular weight excluding hydrogens is 354 g/mol. The molecule has 1 aromatic heterocycles. The van der Waals surface area contributed by atoms with Crippen LogP contribution < -0.4 is 4.74 Å². The van der Waals surface area contributed by atoms with E-state index < -0.39 is 10.0 Å². The molecular formula is C18H25N3O4S. The van der Waals surface area contributed by atoms with E-state index in [0.717, 1.165) is 18.7 Å². The molecule has 8 heteroatoms. The maximum atomic E-state index is 12.9. The lowest BCUT2D eigenvalue weighted by molar-refractivity contribution is 0.189. The van der Waals surface area contributed by atoms with Crippen LogP contribution >= 0.6 is 0 Å². The van der Waals surface area contributed by atoms with Gasteiger partial charge in [0.1, 0.15) is 16.3 Å². The van der Waals surface area contributed by atoms with Crippen molar-refractivity contribution in [3.05, 3.63) is 41.3 Å². The van der Waals surface area contributed by atoms with Crippen LogP contribution in [-0.4, -0.2) is 62.6 Å². The molecule has 2 aromatic rings. The van der Waals surface area contributed by atoms with Crippen molar-refractivity contribution in [1.82, 2.24) is 14.4 Å². The Bertz CT molecular complexity index is 836. The summed E-state index contributed by atoms with van der Waals surface area (Å²) < 4.78 is 37.6. The number of ether oxygens (including phenoxy) is 1. The van der Waals surface area contributed by atoms with Gasteiger partial charge in [0.2, 0.25) is 10.0 Å². The quantitative estimate of drug-likeness (QED) is 0.762. The van der Waals surface area contributed by atoms with E-state index in [1.54, 1.807) is 21.0 Å². The second kappa shape index (κ2) is 7.77. The number of methoxy groups -OCH3 is 1. The van der Waals surface area contributed by atoms with Gasteiger partial charge in [-0.25, -0.2) is 8.42 Å². The summed E-state index contributed by atoms with van der Waals surface area (Å²) in [6, 6.07) is 7.99. The molecule has 0 unspecified atom stereocenters. The maximum absolute atomic E-state index is 12.9. The first-order valence-corrected chi connectivity index (χ1v) is 10.1. The van der Waals surface area contributed by atoms with Gasteiger partial charge in [-0.3, -0.25) is 0 Å². The number of para-hydroxylation sites is 1. The van der Waals surface area contributed by atoms with E-state index in [2.05, 4.69) is 16.1 Å². The van der Waals surface area contributed by atoms with Crippen molar-refractivity contribution in [2.45, 2.75) is 25.2 Å². The van der Waals surface area contributed by atoms with Gasteiger partial charge in [0.15, 0.2) is 5.76 Å². The molecule has 0 saturated carbocycles. The van der Waals surface area contributed by atoms with Gasteiger partial charge in [0.25, 0.3) is 0 Å². The van der Waals surface area contributed by atoms with Crippen LogP contribution in [0.2, 0.25) is 0 Å². The van der Waals surface area contributed by atoms with E-state index in [1.807, 2.05) is 18.2 Å². The van der Waals surface area contributed by atoms with Gasteiger partial charge in [0, 0.05) is 32.7 Å². The number of hydrogen-bond donors (Lipinski definition) is 0. The van der Waals surface area contributed by atoms with E-state index in [-0.39, 0.29) is 4.90 Å². The summed E-state index contributed by atoms with van der Waals surface area (Å²) in [5.74, 6) is 1.24. The van der Waals surface area contributed by atoms with Gasteiger partial charge in [-0.2, -0.15) is 4.31 Å². The minimum atomic E-state index is -3.55. The fraction of sp³-hybridized carbons (Fsp3) is 0.500. The number of aryl methyl sites for hydroxylation is 2. The van der Waals surface area contributed by atoms with Crippen LogP contribution in [0.15, 0.2) is 33.7 Å². The normalized spacial score (nSPS) is 16.7. The van der Waals surface area contributed by atoms with Crippen molar-refractivity contribution in [2.75, 3.05) is 39.8 Å². The van der Waals surface area contributed by atoms with Gasteiger partial charge >= 0.3 is 0 Å². The maximum Gasteiger partial charge on any atom is 0.248 e. The molecule has 7 nitrogen and oxygen atoms in total. The molecule has 3 rings (SSSR count). The molecule has 1 fully saturated rings. The molecule has 0 radical (unpaired) electrons. The fourth-order valence-electron chi connectivity index (χ4n) is 3.35. The Kier molecular flexibility index (Phi) is 5.64. The summed E-state index contributed by atoms with van der Waals surface area (Å²) in [5.41, 5.74) is 1.59. The number of rotatable bonds is 6. The summed E-state index contributed by atoms with van der Waals surface area (Å²) in [7, 11) is -1.87. The van der Waals surface area contributed by atoms with E-state index in [9.17, 15) is 8.42 Å². The molecule has 2 heterocycles. The second-order valence-electron chi connectivity index (χ2n) is 6.46. The van der Waals surface area contributed by atoms with E-state index in [0.29, 0.717) is 37.6 Å². The highest BCUT2D eigenvalue weighted by Crippen LogP contribution is 2.24. The molecule has 0 spiro atoms. The summed E-state index contributed by atoms with van der Waals surface area (Å²) in [6.07, 6.45) is 0.876. The van der Waals surface area contributed by atoms with Gasteiger partial charge in [-0.1, -0.05) is 23.4 Å². The Morgan fingerprint density at radius 3 is 2.46 bits per heavy atom. The Labute approximate surface area is 154 Å². The van der Waals surface area contributed by atoms with Crippen LogP contribution in [0.3, 0.4) is 0 Å². The minimum Gasteiger partial charge on any atom is -0.496 e. The Hall–Kier alpha value is -1.90. The number of nitrogens with zero attached hydrogens (tertiary/aromatic N) is 3. The third kappa shape index (κ3) is 3.77. The smallest absolute Gasteiger partial charge is 0.248 e. The molecule has 0 amide bonds. The van der Waals surface area contributed by atoms with Crippen LogP contribution in [0, 0.1) is 13.8 Å². The van der Waals surface area contributed by atoms with E-state index >= 15 is 0 Å². The van der Waals surface area contributed by atoms with Crippen LogP contribution in [0.25, 0.3) is 0 Å². The number of hydrogen-bond acceptors (Lipinski definition) is 6. The molecule has 0 bridgehead atoms. The highest BCUT2D eigenvalue weighted by Gasteiger charge is 2.33. The minimum absolute atomic E-state index is 0.208. The zero-order valence-electron chi connectivity index (χ0n) is 15.4. The average Bonchev–Trinajstić information content (AvgIpc) is 2.99.